The highest BCUT2D eigenvalue weighted by atomic mass is 35.5. The van der Waals surface area contributed by atoms with E-state index in [2.05, 4.69) is 5.32 Å². The summed E-state index contributed by atoms with van der Waals surface area (Å²) < 4.78 is 5.29. The second-order valence-electron chi connectivity index (χ2n) is 4.40. The summed E-state index contributed by atoms with van der Waals surface area (Å²) in [7, 11) is 0. The summed E-state index contributed by atoms with van der Waals surface area (Å²) in [5.74, 6) is 0.0400. The fraction of sp³-hybridized carbons (Fsp3) is 0.333. The Kier molecular flexibility index (Phi) is 5.40. The molecule has 1 aromatic rings. The van der Waals surface area contributed by atoms with Gasteiger partial charge in [-0.1, -0.05) is 35.4 Å². The molecule has 7 heteroatoms. The summed E-state index contributed by atoms with van der Waals surface area (Å²) in [6.45, 7) is 3.23. The van der Waals surface area contributed by atoms with E-state index >= 15 is 0 Å². The number of thiocarbonyl (C=S) groups is 1. The Morgan fingerprint density at radius 1 is 1.47 bits per heavy atom. The van der Waals surface area contributed by atoms with E-state index in [0.29, 0.717) is 15.8 Å². The largest absolute Gasteiger partial charge is 0.482 e. The average Bonchev–Trinajstić information content (AvgIpc) is 2.27. The molecule has 0 saturated heterocycles. The van der Waals surface area contributed by atoms with Gasteiger partial charge in [0.1, 0.15) is 5.75 Å². The van der Waals surface area contributed by atoms with Crippen LogP contribution in [-0.2, 0) is 4.79 Å². The van der Waals surface area contributed by atoms with Gasteiger partial charge < -0.3 is 15.8 Å². The molecule has 104 valence electrons. The Morgan fingerprint density at radius 3 is 2.63 bits per heavy atom. The van der Waals surface area contributed by atoms with Crippen molar-refractivity contribution < 1.29 is 9.53 Å². The standard InChI is InChI=1S/C12H14Cl2N2O2S/c1-12(2,11(15)19)16-10(17)6-18-9-4-3-7(13)5-8(9)14/h3-5H,6H2,1-2H3,(H2,15,19)(H,16,17). The Morgan fingerprint density at radius 2 is 2.11 bits per heavy atom. The van der Waals surface area contributed by atoms with Crippen LogP contribution in [-0.4, -0.2) is 23.0 Å². The van der Waals surface area contributed by atoms with Crippen LogP contribution < -0.4 is 15.8 Å². The van der Waals surface area contributed by atoms with Crippen molar-refractivity contribution >= 4 is 46.3 Å². The minimum absolute atomic E-state index is 0.187. The number of nitrogens with one attached hydrogen (secondary N) is 1. The molecule has 19 heavy (non-hydrogen) atoms. The maximum absolute atomic E-state index is 11.7. The summed E-state index contributed by atoms with van der Waals surface area (Å²) >= 11 is 16.5. The van der Waals surface area contributed by atoms with Gasteiger partial charge in [0.15, 0.2) is 6.61 Å². The minimum atomic E-state index is -0.764. The summed E-state index contributed by atoms with van der Waals surface area (Å²) in [6.07, 6.45) is 0. The van der Waals surface area contributed by atoms with E-state index in [1.165, 1.54) is 6.07 Å². The fourth-order valence-electron chi connectivity index (χ4n) is 1.18. The van der Waals surface area contributed by atoms with Crippen LogP contribution in [0.5, 0.6) is 5.75 Å². The molecule has 0 aromatic heterocycles. The molecular weight excluding hydrogens is 307 g/mol. The number of halogens is 2. The molecule has 0 aliphatic rings. The molecule has 0 fully saturated rings. The minimum Gasteiger partial charge on any atom is -0.482 e. The van der Waals surface area contributed by atoms with Crippen molar-refractivity contribution in [2.75, 3.05) is 6.61 Å². The van der Waals surface area contributed by atoms with E-state index in [1.807, 2.05) is 0 Å². The highest BCUT2D eigenvalue weighted by Crippen LogP contribution is 2.27. The first-order valence-electron chi connectivity index (χ1n) is 5.41. The van der Waals surface area contributed by atoms with Crippen LogP contribution in [0.3, 0.4) is 0 Å². The Bertz CT molecular complexity index is 507. The zero-order chi connectivity index (χ0) is 14.6. The van der Waals surface area contributed by atoms with Crippen molar-refractivity contribution in [3.63, 3.8) is 0 Å². The monoisotopic (exact) mass is 320 g/mol. The number of ether oxygens (including phenoxy) is 1. The number of hydrogen-bond acceptors (Lipinski definition) is 3. The van der Waals surface area contributed by atoms with Crippen molar-refractivity contribution in [1.82, 2.24) is 5.32 Å². The molecular formula is C12H14Cl2N2O2S. The lowest BCUT2D eigenvalue weighted by Gasteiger charge is -2.24. The number of benzene rings is 1. The highest BCUT2D eigenvalue weighted by Gasteiger charge is 2.23. The number of rotatable bonds is 5. The lowest BCUT2D eigenvalue weighted by molar-refractivity contribution is -0.124. The van der Waals surface area contributed by atoms with E-state index in [0.717, 1.165) is 0 Å². The van der Waals surface area contributed by atoms with Crippen molar-refractivity contribution in [2.45, 2.75) is 19.4 Å². The first-order chi connectivity index (χ1) is 8.72. The van der Waals surface area contributed by atoms with Crippen LogP contribution in [0.2, 0.25) is 10.0 Å². The Balaban J connectivity index is 2.57. The zero-order valence-corrected chi connectivity index (χ0v) is 12.8. The van der Waals surface area contributed by atoms with Gasteiger partial charge in [-0.2, -0.15) is 0 Å². The van der Waals surface area contributed by atoms with Gasteiger partial charge in [-0.3, -0.25) is 4.79 Å². The van der Waals surface area contributed by atoms with Gasteiger partial charge in [-0.05, 0) is 32.0 Å². The van der Waals surface area contributed by atoms with Crippen molar-refractivity contribution in [3.05, 3.63) is 28.2 Å². The average molecular weight is 321 g/mol. The molecule has 0 bridgehead atoms. The van der Waals surface area contributed by atoms with Crippen LogP contribution in [0.15, 0.2) is 18.2 Å². The molecule has 1 aromatic carbocycles. The normalized spacial score (nSPS) is 10.9. The van der Waals surface area contributed by atoms with Gasteiger partial charge in [-0.15, -0.1) is 0 Å². The maximum atomic E-state index is 11.7. The molecule has 0 spiro atoms. The van der Waals surface area contributed by atoms with E-state index in [9.17, 15) is 4.79 Å². The SMILES string of the molecule is CC(C)(NC(=O)COc1ccc(Cl)cc1Cl)C(N)=S. The van der Waals surface area contributed by atoms with E-state index in [4.69, 9.17) is 45.9 Å². The van der Waals surface area contributed by atoms with Crippen LogP contribution in [0, 0.1) is 0 Å². The van der Waals surface area contributed by atoms with Crippen LogP contribution >= 0.6 is 35.4 Å². The number of carbonyl (C=O) groups is 1. The van der Waals surface area contributed by atoms with E-state index in [1.54, 1.807) is 26.0 Å². The first-order valence-corrected chi connectivity index (χ1v) is 6.57. The van der Waals surface area contributed by atoms with Crippen molar-refractivity contribution in [2.24, 2.45) is 5.73 Å². The van der Waals surface area contributed by atoms with Crippen molar-refractivity contribution in [1.29, 1.82) is 0 Å². The van der Waals surface area contributed by atoms with Gasteiger partial charge in [0.25, 0.3) is 5.91 Å². The molecule has 0 unspecified atom stereocenters. The molecule has 0 aliphatic heterocycles. The summed E-state index contributed by atoms with van der Waals surface area (Å²) in [5.41, 5.74) is 4.74. The van der Waals surface area contributed by atoms with E-state index in [-0.39, 0.29) is 17.5 Å². The molecule has 4 nitrogen and oxygen atoms in total. The molecule has 1 rings (SSSR count). The quantitative estimate of drug-likeness (QED) is 0.818. The molecule has 1 amide bonds. The number of nitrogens with two attached hydrogens (primary N) is 1. The molecule has 0 radical (unpaired) electrons. The molecule has 3 N–H and O–H groups in total. The van der Waals surface area contributed by atoms with Gasteiger partial charge >= 0.3 is 0 Å². The predicted octanol–water partition coefficient (Wildman–Crippen LogP) is 2.55. The van der Waals surface area contributed by atoms with Gasteiger partial charge in [-0.25, -0.2) is 0 Å². The third kappa shape index (κ3) is 4.86. The lowest BCUT2D eigenvalue weighted by atomic mass is 10.1. The molecule has 0 saturated carbocycles. The highest BCUT2D eigenvalue weighted by molar-refractivity contribution is 7.80. The van der Waals surface area contributed by atoms with Crippen LogP contribution in [0.25, 0.3) is 0 Å². The summed E-state index contributed by atoms with van der Waals surface area (Å²) in [5, 5.41) is 3.50. The van der Waals surface area contributed by atoms with Crippen LogP contribution in [0.4, 0.5) is 0 Å². The van der Waals surface area contributed by atoms with Gasteiger partial charge in [0, 0.05) is 5.02 Å². The molecule has 0 atom stereocenters. The zero-order valence-electron chi connectivity index (χ0n) is 10.5. The smallest absolute Gasteiger partial charge is 0.258 e. The first kappa shape index (κ1) is 16.0. The van der Waals surface area contributed by atoms with Crippen molar-refractivity contribution in [3.8, 4) is 5.75 Å². The number of carbonyl (C=O) groups excluding carboxylic acids is 1. The number of amides is 1. The van der Waals surface area contributed by atoms with Crippen LogP contribution in [0.1, 0.15) is 13.8 Å². The predicted molar refractivity (Wildman–Crippen MR) is 81.0 cm³/mol. The third-order valence-corrected chi connectivity index (χ3v) is 3.36. The lowest BCUT2D eigenvalue weighted by Crippen LogP contribution is -2.53. The Labute approximate surface area is 127 Å². The Hall–Kier alpha value is -1.04. The second-order valence-corrected chi connectivity index (χ2v) is 5.68. The molecule has 0 heterocycles. The third-order valence-electron chi connectivity index (χ3n) is 2.32. The maximum Gasteiger partial charge on any atom is 0.258 e. The van der Waals surface area contributed by atoms with E-state index < -0.39 is 5.54 Å². The fourth-order valence-corrected chi connectivity index (χ4v) is 1.70. The summed E-state index contributed by atoms with van der Waals surface area (Å²) in [6, 6.07) is 4.76. The second kappa shape index (κ2) is 6.41. The van der Waals surface area contributed by atoms with Gasteiger partial charge in [0.2, 0.25) is 0 Å². The summed E-state index contributed by atoms with van der Waals surface area (Å²) in [4.78, 5) is 11.9. The topological polar surface area (TPSA) is 64.3 Å². The molecule has 0 aliphatic carbocycles. The van der Waals surface area contributed by atoms with Gasteiger partial charge in [0.05, 0.1) is 15.6 Å². The number of hydrogen-bond donors (Lipinski definition) is 2.